The molecule has 8 heteroatoms. The fourth-order valence-corrected chi connectivity index (χ4v) is 6.07. The highest BCUT2D eigenvalue weighted by Gasteiger charge is 2.19. The van der Waals surface area contributed by atoms with E-state index in [0.717, 1.165) is 92.2 Å². The lowest BCUT2D eigenvalue weighted by Gasteiger charge is -2.36. The number of nitrogens with one attached hydrogen (secondary N) is 2. The number of hydrogen-bond donors (Lipinski definition) is 2. The van der Waals surface area contributed by atoms with Gasteiger partial charge in [0.2, 0.25) is 5.91 Å². The van der Waals surface area contributed by atoms with Gasteiger partial charge in [0.25, 0.3) is 0 Å². The van der Waals surface area contributed by atoms with Crippen molar-refractivity contribution in [1.29, 1.82) is 0 Å². The molecule has 0 bridgehead atoms. The van der Waals surface area contributed by atoms with E-state index in [1.807, 2.05) is 30.3 Å². The van der Waals surface area contributed by atoms with Gasteiger partial charge in [-0.3, -0.25) is 19.6 Å². The zero-order chi connectivity index (χ0) is 28.0. The number of piperidine rings is 1. The number of halogens is 1. The van der Waals surface area contributed by atoms with Crippen molar-refractivity contribution in [2.45, 2.75) is 25.8 Å². The SMILES string of the molecule is O=C(CN1CCCCC1)Nc1cc(CN2CCN(c3ccccc3)CC2)cc(Nc2ccnc3ccc(Cl)cc23)c1. The minimum absolute atomic E-state index is 0.0348. The molecule has 1 amide bonds. The molecule has 4 aromatic rings. The standard InChI is InChI=1S/C33H37ClN6O/c34-26-9-10-31-30(21-26)32(11-12-35-31)36-27-19-25(20-28(22-27)37-33(41)24-38-13-5-2-6-14-38)23-39-15-17-40(18-16-39)29-7-3-1-4-8-29/h1,3-4,7-12,19-22H,2,5-6,13-18,23-24H2,(H,35,36)(H,37,41). The van der Waals surface area contributed by atoms with Crippen molar-refractivity contribution in [3.05, 3.63) is 89.6 Å². The van der Waals surface area contributed by atoms with Gasteiger partial charge in [0.15, 0.2) is 0 Å². The molecule has 2 aliphatic heterocycles. The monoisotopic (exact) mass is 568 g/mol. The van der Waals surface area contributed by atoms with Crippen LogP contribution in [0.5, 0.6) is 0 Å². The number of pyridine rings is 1. The molecule has 3 heterocycles. The molecule has 41 heavy (non-hydrogen) atoms. The number of carbonyl (C=O) groups excluding carboxylic acids is 1. The summed E-state index contributed by atoms with van der Waals surface area (Å²) in [6.07, 6.45) is 5.39. The molecular weight excluding hydrogens is 532 g/mol. The molecule has 0 aliphatic carbocycles. The van der Waals surface area contributed by atoms with Crippen LogP contribution in [-0.4, -0.2) is 66.5 Å². The lowest BCUT2D eigenvalue weighted by atomic mass is 10.1. The van der Waals surface area contributed by atoms with Gasteiger partial charge in [-0.15, -0.1) is 0 Å². The van der Waals surface area contributed by atoms with Crippen molar-refractivity contribution in [3.8, 4) is 0 Å². The zero-order valence-electron chi connectivity index (χ0n) is 23.4. The quantitative estimate of drug-likeness (QED) is 0.257. The number of carbonyl (C=O) groups is 1. The highest BCUT2D eigenvalue weighted by molar-refractivity contribution is 6.31. The van der Waals surface area contributed by atoms with Crippen molar-refractivity contribution in [1.82, 2.24) is 14.8 Å². The van der Waals surface area contributed by atoms with Gasteiger partial charge in [-0.1, -0.05) is 36.2 Å². The van der Waals surface area contributed by atoms with Gasteiger partial charge in [-0.05, 0) is 86.1 Å². The number of anilines is 4. The summed E-state index contributed by atoms with van der Waals surface area (Å²) in [5.41, 5.74) is 5.98. The molecule has 2 fully saturated rings. The van der Waals surface area contributed by atoms with Crippen LogP contribution in [0, 0.1) is 0 Å². The molecule has 0 radical (unpaired) electrons. The number of fused-ring (bicyclic) bond motifs is 1. The summed E-state index contributed by atoms with van der Waals surface area (Å²) >= 11 is 6.32. The molecule has 6 rings (SSSR count). The van der Waals surface area contributed by atoms with Gasteiger partial charge in [0.05, 0.1) is 12.1 Å². The molecular formula is C33H37ClN6O. The van der Waals surface area contributed by atoms with Crippen LogP contribution in [-0.2, 0) is 11.3 Å². The fraction of sp³-hybridized carbons (Fsp3) is 0.333. The van der Waals surface area contributed by atoms with E-state index in [0.29, 0.717) is 11.6 Å². The molecule has 2 aliphatic rings. The van der Waals surface area contributed by atoms with Crippen molar-refractivity contribution in [2.75, 3.05) is 61.3 Å². The fourth-order valence-electron chi connectivity index (χ4n) is 5.89. The second-order valence-electron chi connectivity index (χ2n) is 11.0. The van der Waals surface area contributed by atoms with Crippen LogP contribution >= 0.6 is 11.6 Å². The summed E-state index contributed by atoms with van der Waals surface area (Å²) in [7, 11) is 0. The lowest BCUT2D eigenvalue weighted by molar-refractivity contribution is -0.117. The predicted octanol–water partition coefficient (Wildman–Crippen LogP) is 6.38. The molecule has 2 saturated heterocycles. The molecule has 7 nitrogen and oxygen atoms in total. The Morgan fingerprint density at radius 2 is 1.59 bits per heavy atom. The normalized spacial score (nSPS) is 16.6. The van der Waals surface area contributed by atoms with Crippen LogP contribution in [0.25, 0.3) is 10.9 Å². The predicted molar refractivity (Wildman–Crippen MR) is 169 cm³/mol. The van der Waals surface area contributed by atoms with Gasteiger partial charge in [-0.25, -0.2) is 0 Å². The van der Waals surface area contributed by atoms with Crippen LogP contribution in [0.15, 0.2) is 79.0 Å². The van der Waals surface area contributed by atoms with E-state index in [4.69, 9.17) is 11.6 Å². The van der Waals surface area contributed by atoms with E-state index in [-0.39, 0.29) is 5.91 Å². The third-order valence-corrected chi connectivity index (χ3v) is 8.21. The summed E-state index contributed by atoms with van der Waals surface area (Å²) in [4.78, 5) is 24.7. The van der Waals surface area contributed by atoms with Gasteiger partial charge < -0.3 is 15.5 Å². The van der Waals surface area contributed by atoms with Gasteiger partial charge in [-0.2, -0.15) is 0 Å². The van der Waals surface area contributed by atoms with Crippen molar-refractivity contribution in [2.24, 2.45) is 0 Å². The molecule has 212 valence electrons. The van der Waals surface area contributed by atoms with Gasteiger partial charge >= 0.3 is 0 Å². The van der Waals surface area contributed by atoms with Crippen LogP contribution in [0.2, 0.25) is 5.02 Å². The third kappa shape index (κ3) is 7.17. The van der Waals surface area contributed by atoms with Crippen LogP contribution in [0.3, 0.4) is 0 Å². The summed E-state index contributed by atoms with van der Waals surface area (Å²) in [5.74, 6) is 0.0348. The first-order valence-electron chi connectivity index (χ1n) is 14.6. The number of piperazine rings is 1. The largest absolute Gasteiger partial charge is 0.369 e. The van der Waals surface area contributed by atoms with Gasteiger partial charge in [0, 0.05) is 72.1 Å². The van der Waals surface area contributed by atoms with Crippen LogP contribution < -0.4 is 15.5 Å². The topological polar surface area (TPSA) is 63.7 Å². The maximum atomic E-state index is 13.0. The summed E-state index contributed by atoms with van der Waals surface area (Å²) in [6.45, 7) is 7.18. The van der Waals surface area contributed by atoms with Crippen molar-refractivity contribution in [3.63, 3.8) is 0 Å². The number of nitrogens with zero attached hydrogens (tertiary/aromatic N) is 4. The molecule has 0 unspecified atom stereocenters. The Hall–Kier alpha value is -3.65. The number of hydrogen-bond acceptors (Lipinski definition) is 6. The van der Waals surface area contributed by atoms with E-state index in [1.165, 1.54) is 12.1 Å². The Bertz CT molecular complexity index is 1480. The Kier molecular flexibility index (Phi) is 8.65. The Labute approximate surface area is 247 Å². The van der Waals surface area contributed by atoms with E-state index in [9.17, 15) is 4.79 Å². The first-order chi connectivity index (χ1) is 20.1. The van der Waals surface area contributed by atoms with E-state index >= 15 is 0 Å². The number of para-hydroxylation sites is 1. The molecule has 0 saturated carbocycles. The third-order valence-electron chi connectivity index (χ3n) is 7.97. The summed E-state index contributed by atoms with van der Waals surface area (Å²) in [6, 6.07) is 24.6. The average molecular weight is 569 g/mol. The number of rotatable bonds is 8. The van der Waals surface area contributed by atoms with E-state index in [1.54, 1.807) is 6.20 Å². The molecule has 2 N–H and O–H groups in total. The average Bonchev–Trinajstić information content (AvgIpc) is 2.99. The highest BCUT2D eigenvalue weighted by Crippen LogP contribution is 2.30. The molecule has 0 atom stereocenters. The lowest BCUT2D eigenvalue weighted by Crippen LogP contribution is -2.45. The zero-order valence-corrected chi connectivity index (χ0v) is 24.1. The minimum atomic E-state index is 0.0348. The highest BCUT2D eigenvalue weighted by atomic mass is 35.5. The maximum Gasteiger partial charge on any atom is 0.238 e. The van der Waals surface area contributed by atoms with Crippen molar-refractivity contribution < 1.29 is 4.79 Å². The minimum Gasteiger partial charge on any atom is -0.369 e. The smallest absolute Gasteiger partial charge is 0.238 e. The number of amides is 1. The summed E-state index contributed by atoms with van der Waals surface area (Å²) in [5, 5.41) is 8.40. The first kappa shape index (κ1) is 27.5. The van der Waals surface area contributed by atoms with Crippen LogP contribution in [0.1, 0.15) is 24.8 Å². The second kappa shape index (κ2) is 12.9. The number of aromatic nitrogens is 1. The summed E-state index contributed by atoms with van der Waals surface area (Å²) < 4.78 is 0. The van der Waals surface area contributed by atoms with Gasteiger partial charge in [0.1, 0.15) is 0 Å². The van der Waals surface area contributed by atoms with Crippen molar-refractivity contribution >= 4 is 51.2 Å². The maximum absolute atomic E-state index is 13.0. The second-order valence-corrected chi connectivity index (χ2v) is 11.5. The Morgan fingerprint density at radius 3 is 2.39 bits per heavy atom. The Morgan fingerprint density at radius 1 is 0.805 bits per heavy atom. The molecule has 1 aromatic heterocycles. The number of benzene rings is 3. The Balaban J connectivity index is 1.21. The number of likely N-dealkylation sites (tertiary alicyclic amines) is 1. The van der Waals surface area contributed by atoms with E-state index < -0.39 is 0 Å². The molecule has 0 spiro atoms. The van der Waals surface area contributed by atoms with E-state index in [2.05, 4.69) is 72.8 Å². The molecule has 3 aromatic carbocycles. The first-order valence-corrected chi connectivity index (χ1v) is 15.0. The van der Waals surface area contributed by atoms with Crippen LogP contribution in [0.4, 0.5) is 22.7 Å².